The fourth-order valence-electron chi connectivity index (χ4n) is 0.329. The first-order valence-electron chi connectivity index (χ1n) is 2.71. The van der Waals surface area contributed by atoms with E-state index in [-0.39, 0.29) is 0 Å². The van der Waals surface area contributed by atoms with E-state index in [1.165, 1.54) is 0 Å². The van der Waals surface area contributed by atoms with E-state index < -0.39 is 24.6 Å². The molecule has 0 rings (SSSR count). The van der Waals surface area contributed by atoms with Gasteiger partial charge >= 0.3 is 12.1 Å². The Morgan fingerprint density at radius 2 is 2.08 bits per heavy atom. The van der Waals surface area contributed by atoms with Gasteiger partial charge in [0.1, 0.15) is 0 Å². The number of carboxylic acids is 1. The van der Waals surface area contributed by atoms with Gasteiger partial charge < -0.3 is 15.6 Å². The highest BCUT2D eigenvalue weighted by atomic mass is 19.4. The van der Waals surface area contributed by atoms with Gasteiger partial charge in [-0.3, -0.25) is 0 Å². The van der Waals surface area contributed by atoms with E-state index in [0.717, 1.165) is 0 Å². The highest BCUT2D eigenvalue weighted by Crippen LogP contribution is 2.15. The summed E-state index contributed by atoms with van der Waals surface area (Å²) in [5.41, 5.74) is 4.74. The summed E-state index contributed by atoms with van der Waals surface area (Å²) >= 11 is 0. The molecule has 0 fully saturated rings. The molecule has 0 bridgehead atoms. The predicted molar refractivity (Wildman–Crippen MR) is 31.9 cm³/mol. The van der Waals surface area contributed by atoms with Crippen molar-refractivity contribution in [3.05, 3.63) is 12.0 Å². The van der Waals surface area contributed by atoms with Crippen LogP contribution in [-0.2, 0) is 9.53 Å². The molecule has 7 heteroatoms. The number of nitrogens with two attached hydrogens (primary N) is 1. The summed E-state index contributed by atoms with van der Waals surface area (Å²) in [5.74, 6) is -2.24. The summed E-state index contributed by atoms with van der Waals surface area (Å²) in [6, 6.07) is 0. The maximum Gasteiger partial charge on any atom is 0.422 e. The molecule has 0 heterocycles. The Morgan fingerprint density at radius 3 is 2.42 bits per heavy atom. The highest BCUT2D eigenvalue weighted by molar-refractivity contribution is 5.80. The number of hydrogen-bond acceptors (Lipinski definition) is 3. The Hall–Kier alpha value is -1.40. The van der Waals surface area contributed by atoms with Crippen LogP contribution in [-0.4, -0.2) is 23.9 Å². The third-order valence-corrected chi connectivity index (χ3v) is 0.668. The fraction of sp³-hybridized carbons (Fsp3) is 0.400. The van der Waals surface area contributed by atoms with Crippen molar-refractivity contribution in [2.24, 2.45) is 5.73 Å². The first kappa shape index (κ1) is 10.6. The lowest BCUT2D eigenvalue weighted by Gasteiger charge is -2.07. The Bertz CT molecular complexity index is 199. The summed E-state index contributed by atoms with van der Waals surface area (Å²) in [6.45, 7) is -1.59. The van der Waals surface area contributed by atoms with Gasteiger partial charge in [0, 0.05) is 0 Å². The fourth-order valence-corrected chi connectivity index (χ4v) is 0.329. The third kappa shape index (κ3) is 6.72. The summed E-state index contributed by atoms with van der Waals surface area (Å²) in [5, 5.41) is 8.00. The standard InChI is InChI=1S/C5H6F3NO3/c6-5(7,8)2-12-3(9)1-4(10)11/h1H,2,9H2,(H,10,11)/b3-1+. The van der Waals surface area contributed by atoms with Crippen molar-refractivity contribution in [2.75, 3.05) is 6.61 Å². The number of halogens is 3. The second-order valence-electron chi connectivity index (χ2n) is 1.79. The number of carboxylic acid groups (broad SMARTS) is 1. The number of alkyl halides is 3. The smallest absolute Gasteiger partial charge is 0.422 e. The van der Waals surface area contributed by atoms with Crippen LogP contribution in [0, 0.1) is 0 Å². The van der Waals surface area contributed by atoms with Crippen molar-refractivity contribution in [2.45, 2.75) is 6.18 Å². The number of hydrogen-bond donors (Lipinski definition) is 2. The van der Waals surface area contributed by atoms with Gasteiger partial charge in [0.2, 0.25) is 0 Å². The van der Waals surface area contributed by atoms with E-state index in [9.17, 15) is 18.0 Å². The summed E-state index contributed by atoms with van der Waals surface area (Å²) in [7, 11) is 0. The number of rotatable bonds is 3. The molecule has 0 aromatic heterocycles. The molecule has 0 spiro atoms. The van der Waals surface area contributed by atoms with Crippen LogP contribution < -0.4 is 5.73 Å². The zero-order valence-electron chi connectivity index (χ0n) is 5.76. The van der Waals surface area contributed by atoms with Crippen molar-refractivity contribution >= 4 is 5.97 Å². The average Bonchev–Trinajstić information content (AvgIpc) is 1.80. The first-order valence-corrected chi connectivity index (χ1v) is 2.71. The van der Waals surface area contributed by atoms with E-state index in [0.29, 0.717) is 6.08 Å². The maximum atomic E-state index is 11.4. The zero-order valence-corrected chi connectivity index (χ0v) is 5.76. The van der Waals surface area contributed by atoms with E-state index in [4.69, 9.17) is 10.8 Å². The molecule has 70 valence electrons. The molecule has 12 heavy (non-hydrogen) atoms. The molecule has 4 nitrogen and oxygen atoms in total. The maximum absolute atomic E-state index is 11.4. The molecule has 0 amide bonds. The van der Waals surface area contributed by atoms with Crippen molar-refractivity contribution in [1.29, 1.82) is 0 Å². The molecule has 0 aromatic rings. The molecule has 0 aliphatic heterocycles. The first-order chi connectivity index (χ1) is 5.31. The van der Waals surface area contributed by atoms with Gasteiger partial charge in [0.15, 0.2) is 12.5 Å². The quantitative estimate of drug-likeness (QED) is 0.494. The Balaban J connectivity index is 3.87. The van der Waals surface area contributed by atoms with E-state index in [1.807, 2.05) is 0 Å². The van der Waals surface area contributed by atoms with Gasteiger partial charge in [-0.15, -0.1) is 0 Å². The normalized spacial score (nSPS) is 12.8. The van der Waals surface area contributed by atoms with Gasteiger partial charge in [0.25, 0.3) is 0 Å². The molecule has 0 aliphatic rings. The molecule has 0 aromatic carbocycles. The lowest BCUT2D eigenvalue weighted by Crippen LogP contribution is -2.19. The summed E-state index contributed by atoms with van der Waals surface area (Å²) < 4.78 is 38.0. The van der Waals surface area contributed by atoms with Crippen LogP contribution in [0.25, 0.3) is 0 Å². The van der Waals surface area contributed by atoms with E-state index in [1.54, 1.807) is 0 Å². The molecule has 0 atom stereocenters. The molecular formula is C5H6F3NO3. The zero-order chi connectivity index (χ0) is 9.78. The molecule has 0 radical (unpaired) electrons. The summed E-state index contributed by atoms with van der Waals surface area (Å²) in [4.78, 5) is 9.82. The Kier molecular flexibility index (Phi) is 3.39. The van der Waals surface area contributed by atoms with Crippen LogP contribution >= 0.6 is 0 Å². The second kappa shape index (κ2) is 3.84. The minimum Gasteiger partial charge on any atom is -0.478 e. The average molecular weight is 185 g/mol. The Labute approximate surface area is 65.4 Å². The van der Waals surface area contributed by atoms with Gasteiger partial charge in [-0.05, 0) is 0 Å². The molecule has 0 aliphatic carbocycles. The van der Waals surface area contributed by atoms with Crippen LogP contribution in [0.15, 0.2) is 12.0 Å². The lowest BCUT2D eigenvalue weighted by molar-refractivity contribution is -0.165. The van der Waals surface area contributed by atoms with Crippen molar-refractivity contribution in [1.82, 2.24) is 0 Å². The van der Waals surface area contributed by atoms with E-state index in [2.05, 4.69) is 4.74 Å². The SMILES string of the molecule is N/C(=C\C(=O)O)OCC(F)(F)F. The minimum atomic E-state index is -4.52. The minimum absolute atomic E-state index is 0.339. The lowest BCUT2D eigenvalue weighted by atomic mass is 10.6. The topological polar surface area (TPSA) is 72.6 Å². The van der Waals surface area contributed by atoms with Crippen molar-refractivity contribution in [3.8, 4) is 0 Å². The van der Waals surface area contributed by atoms with Gasteiger partial charge in [-0.1, -0.05) is 0 Å². The number of ether oxygens (including phenoxy) is 1. The summed E-state index contributed by atoms with van der Waals surface area (Å²) in [6.07, 6.45) is -4.18. The predicted octanol–water partition coefficient (Wildman–Crippen LogP) is 0.450. The molecule has 0 saturated carbocycles. The van der Waals surface area contributed by atoms with Crippen LogP contribution in [0.5, 0.6) is 0 Å². The largest absolute Gasteiger partial charge is 0.478 e. The van der Waals surface area contributed by atoms with Crippen LogP contribution in [0.2, 0.25) is 0 Å². The van der Waals surface area contributed by atoms with Crippen LogP contribution in [0.3, 0.4) is 0 Å². The molecular weight excluding hydrogens is 179 g/mol. The van der Waals surface area contributed by atoms with Crippen LogP contribution in [0.1, 0.15) is 0 Å². The van der Waals surface area contributed by atoms with Crippen molar-refractivity contribution < 1.29 is 27.8 Å². The number of aliphatic carboxylic acids is 1. The molecule has 0 saturated heterocycles. The molecule has 3 N–H and O–H groups in total. The van der Waals surface area contributed by atoms with Gasteiger partial charge in [0.05, 0.1) is 6.08 Å². The highest BCUT2D eigenvalue weighted by Gasteiger charge is 2.28. The van der Waals surface area contributed by atoms with Crippen molar-refractivity contribution in [3.63, 3.8) is 0 Å². The second-order valence-corrected chi connectivity index (χ2v) is 1.79. The van der Waals surface area contributed by atoms with Gasteiger partial charge in [-0.25, -0.2) is 4.79 Å². The van der Waals surface area contributed by atoms with Gasteiger partial charge in [-0.2, -0.15) is 13.2 Å². The Morgan fingerprint density at radius 1 is 1.58 bits per heavy atom. The monoisotopic (exact) mass is 185 g/mol. The van der Waals surface area contributed by atoms with Crippen LogP contribution in [0.4, 0.5) is 13.2 Å². The molecule has 0 unspecified atom stereocenters. The third-order valence-electron chi connectivity index (χ3n) is 0.668. The number of carbonyl (C=O) groups is 1. The van der Waals surface area contributed by atoms with E-state index >= 15 is 0 Å².